The molecule has 0 spiro atoms. The number of rotatable bonds is 0. The highest BCUT2D eigenvalue weighted by Crippen LogP contribution is 2.24. The van der Waals surface area contributed by atoms with Gasteiger partial charge in [0, 0.05) is 28.2 Å². The first kappa shape index (κ1) is 12.9. The third-order valence-electron chi connectivity index (χ3n) is 4.75. The molecule has 3 heterocycles. The fourth-order valence-electron chi connectivity index (χ4n) is 3.10. The molecule has 20 heavy (non-hydrogen) atoms. The van der Waals surface area contributed by atoms with Crippen LogP contribution in [0.3, 0.4) is 0 Å². The van der Waals surface area contributed by atoms with Crippen LogP contribution in [0.1, 0.15) is 33.8 Å². The molecule has 3 rings (SSSR count). The Balaban J connectivity index is 2.95. The molecule has 0 aliphatic rings. The largest absolute Gasteiger partial charge is 0.301 e. The van der Waals surface area contributed by atoms with Crippen molar-refractivity contribution in [2.24, 2.45) is 0 Å². The van der Waals surface area contributed by atoms with E-state index in [9.17, 15) is 9.59 Å². The first-order chi connectivity index (χ1) is 9.29. The fourth-order valence-corrected chi connectivity index (χ4v) is 3.10. The summed E-state index contributed by atoms with van der Waals surface area (Å²) in [5.41, 5.74) is 5.75. The standard InChI is InChI=1S/C16H18N2O2/c1-7-8(2)16(20)18-12(6)11(5)17-10(4)9(3)14(19)13(7)15(17)18/h1-6H3. The third-order valence-corrected chi connectivity index (χ3v) is 4.75. The summed E-state index contributed by atoms with van der Waals surface area (Å²) in [6, 6.07) is 0. The Hall–Kier alpha value is -2.10. The SMILES string of the molecule is Cc1c(C)n2c(C)c(C)n3c(=O)c(C)c(C)c(c1=O)c23. The van der Waals surface area contributed by atoms with Crippen molar-refractivity contribution in [1.82, 2.24) is 8.80 Å². The van der Waals surface area contributed by atoms with Gasteiger partial charge in [-0.05, 0) is 47.1 Å². The minimum Gasteiger partial charge on any atom is -0.301 e. The van der Waals surface area contributed by atoms with Crippen LogP contribution in [-0.2, 0) is 0 Å². The molecule has 4 nitrogen and oxygen atoms in total. The van der Waals surface area contributed by atoms with Gasteiger partial charge in [-0.2, -0.15) is 0 Å². The summed E-state index contributed by atoms with van der Waals surface area (Å²) in [6.45, 7) is 11.4. The molecule has 3 aromatic rings. The number of nitrogens with zero attached hydrogens (tertiary/aromatic N) is 2. The van der Waals surface area contributed by atoms with Crippen LogP contribution in [0.5, 0.6) is 0 Å². The monoisotopic (exact) mass is 270 g/mol. The normalized spacial score (nSPS) is 11.9. The lowest BCUT2D eigenvalue weighted by molar-refractivity contribution is 0.995. The molecule has 0 unspecified atom stereocenters. The van der Waals surface area contributed by atoms with Crippen molar-refractivity contribution >= 4 is 11.0 Å². The van der Waals surface area contributed by atoms with Gasteiger partial charge in [0.25, 0.3) is 5.56 Å². The highest BCUT2D eigenvalue weighted by molar-refractivity contribution is 5.83. The Morgan fingerprint density at radius 3 is 1.80 bits per heavy atom. The van der Waals surface area contributed by atoms with E-state index in [0.29, 0.717) is 10.9 Å². The van der Waals surface area contributed by atoms with Gasteiger partial charge in [-0.25, -0.2) is 0 Å². The highest BCUT2D eigenvalue weighted by atomic mass is 16.1. The van der Waals surface area contributed by atoms with E-state index in [-0.39, 0.29) is 11.0 Å². The summed E-state index contributed by atoms with van der Waals surface area (Å²) in [6.07, 6.45) is 0. The molecule has 0 aliphatic carbocycles. The van der Waals surface area contributed by atoms with Crippen LogP contribution in [0, 0.1) is 41.5 Å². The summed E-state index contributed by atoms with van der Waals surface area (Å²) in [4.78, 5) is 25.2. The maximum atomic E-state index is 12.6. The number of pyridine rings is 2. The molecule has 0 aromatic carbocycles. The summed E-state index contributed by atoms with van der Waals surface area (Å²) in [5.74, 6) is 0. The van der Waals surface area contributed by atoms with Crippen molar-refractivity contribution in [3.8, 4) is 0 Å². The van der Waals surface area contributed by atoms with Crippen LogP contribution in [0.2, 0.25) is 0 Å². The number of aryl methyl sites for hydroxylation is 4. The van der Waals surface area contributed by atoms with Crippen molar-refractivity contribution in [3.63, 3.8) is 0 Å². The van der Waals surface area contributed by atoms with Crippen molar-refractivity contribution in [3.05, 3.63) is 54.3 Å². The minimum absolute atomic E-state index is 0.0271. The van der Waals surface area contributed by atoms with Crippen molar-refractivity contribution in [1.29, 1.82) is 0 Å². The number of imidazole rings is 1. The van der Waals surface area contributed by atoms with Crippen molar-refractivity contribution < 1.29 is 0 Å². The smallest absolute Gasteiger partial charge is 0.259 e. The maximum absolute atomic E-state index is 12.6. The van der Waals surface area contributed by atoms with Crippen molar-refractivity contribution in [2.45, 2.75) is 41.5 Å². The molecule has 3 aromatic heterocycles. The Morgan fingerprint density at radius 2 is 1.20 bits per heavy atom. The number of hydrogen-bond acceptors (Lipinski definition) is 2. The van der Waals surface area contributed by atoms with E-state index in [1.165, 1.54) is 0 Å². The first-order valence-electron chi connectivity index (χ1n) is 6.75. The molecule has 0 atom stereocenters. The zero-order valence-corrected chi connectivity index (χ0v) is 12.7. The van der Waals surface area contributed by atoms with Crippen LogP contribution in [0.25, 0.3) is 11.0 Å². The zero-order chi connectivity index (χ0) is 14.9. The lowest BCUT2D eigenvalue weighted by atomic mass is 10.0. The van der Waals surface area contributed by atoms with E-state index in [0.717, 1.165) is 33.9 Å². The molecule has 0 bridgehead atoms. The zero-order valence-electron chi connectivity index (χ0n) is 12.7. The van der Waals surface area contributed by atoms with Gasteiger partial charge in [-0.15, -0.1) is 0 Å². The second-order valence-corrected chi connectivity index (χ2v) is 5.63. The fraction of sp³-hybridized carbons (Fsp3) is 0.375. The minimum atomic E-state index is -0.0271. The van der Waals surface area contributed by atoms with E-state index in [2.05, 4.69) is 0 Å². The first-order valence-corrected chi connectivity index (χ1v) is 6.75. The lowest BCUT2D eigenvalue weighted by Gasteiger charge is -2.11. The van der Waals surface area contributed by atoms with Gasteiger partial charge in [-0.1, -0.05) is 0 Å². The second kappa shape index (κ2) is 3.72. The molecule has 104 valence electrons. The van der Waals surface area contributed by atoms with Crippen molar-refractivity contribution in [2.75, 3.05) is 0 Å². The number of hydrogen-bond donors (Lipinski definition) is 0. The highest BCUT2D eigenvalue weighted by Gasteiger charge is 2.22. The van der Waals surface area contributed by atoms with E-state index < -0.39 is 0 Å². The van der Waals surface area contributed by atoms with E-state index >= 15 is 0 Å². The Labute approximate surface area is 116 Å². The van der Waals surface area contributed by atoms with E-state index in [4.69, 9.17) is 0 Å². The summed E-state index contributed by atoms with van der Waals surface area (Å²) < 4.78 is 3.72. The van der Waals surface area contributed by atoms with Gasteiger partial charge >= 0.3 is 0 Å². The topological polar surface area (TPSA) is 43.0 Å². The molecular weight excluding hydrogens is 252 g/mol. The Morgan fingerprint density at radius 1 is 0.650 bits per heavy atom. The predicted molar refractivity (Wildman–Crippen MR) is 80.5 cm³/mol. The molecule has 0 N–H and O–H groups in total. The van der Waals surface area contributed by atoms with Crippen LogP contribution in [0.15, 0.2) is 9.59 Å². The van der Waals surface area contributed by atoms with Crippen LogP contribution in [-0.4, -0.2) is 8.80 Å². The van der Waals surface area contributed by atoms with Gasteiger partial charge in [0.05, 0.1) is 5.39 Å². The molecule has 0 fully saturated rings. The average molecular weight is 270 g/mol. The molecule has 0 aliphatic heterocycles. The summed E-state index contributed by atoms with van der Waals surface area (Å²) >= 11 is 0. The third kappa shape index (κ3) is 1.22. The van der Waals surface area contributed by atoms with Crippen LogP contribution in [0.4, 0.5) is 0 Å². The van der Waals surface area contributed by atoms with Gasteiger partial charge in [0.2, 0.25) is 0 Å². The molecule has 0 radical (unpaired) electrons. The molecule has 0 saturated carbocycles. The van der Waals surface area contributed by atoms with Crippen LogP contribution >= 0.6 is 0 Å². The van der Waals surface area contributed by atoms with Gasteiger partial charge in [-0.3, -0.25) is 14.0 Å². The van der Waals surface area contributed by atoms with Crippen LogP contribution < -0.4 is 11.0 Å². The summed E-state index contributed by atoms with van der Waals surface area (Å²) in [5, 5.41) is 0.668. The average Bonchev–Trinajstić information content (AvgIpc) is 2.66. The van der Waals surface area contributed by atoms with E-state index in [1.807, 2.05) is 39.0 Å². The second-order valence-electron chi connectivity index (χ2n) is 5.63. The Bertz CT molecular complexity index is 990. The molecule has 0 amide bonds. The molecular formula is C16H18N2O2. The predicted octanol–water partition coefficient (Wildman–Crippen LogP) is 2.20. The van der Waals surface area contributed by atoms with Gasteiger partial charge in [0.1, 0.15) is 5.65 Å². The number of aromatic nitrogens is 2. The lowest BCUT2D eigenvalue weighted by Crippen LogP contribution is -2.23. The quantitative estimate of drug-likeness (QED) is 0.628. The van der Waals surface area contributed by atoms with E-state index in [1.54, 1.807) is 11.3 Å². The Kier molecular flexibility index (Phi) is 2.40. The molecule has 4 heteroatoms. The van der Waals surface area contributed by atoms with Gasteiger partial charge in [0.15, 0.2) is 5.43 Å². The molecule has 0 saturated heterocycles. The summed E-state index contributed by atoms with van der Waals surface area (Å²) in [7, 11) is 0. The maximum Gasteiger partial charge on any atom is 0.259 e. The van der Waals surface area contributed by atoms with Gasteiger partial charge < -0.3 is 4.40 Å².